The van der Waals surface area contributed by atoms with Gasteiger partial charge in [-0.05, 0) is 19.4 Å². The first-order valence-electron chi connectivity index (χ1n) is 5.93. The van der Waals surface area contributed by atoms with E-state index < -0.39 is 0 Å². The minimum atomic E-state index is 0.803. The monoisotopic (exact) mass is 196 g/mol. The second-order valence-electron chi connectivity index (χ2n) is 4.12. The van der Waals surface area contributed by atoms with Crippen molar-refractivity contribution in [1.82, 2.24) is 10.2 Å². The lowest BCUT2D eigenvalue weighted by molar-refractivity contribution is 0.310. The van der Waals surface area contributed by atoms with E-state index >= 15 is 0 Å². The Morgan fingerprint density at radius 2 is 2.14 bits per heavy atom. The summed E-state index contributed by atoms with van der Waals surface area (Å²) in [5.74, 6) is 0. The Kier molecular flexibility index (Phi) is 5.88. The number of likely N-dealkylation sites (N-methyl/N-ethyl adjacent to an activating group) is 1. The molecule has 1 rings (SSSR count). The van der Waals surface area contributed by atoms with E-state index in [-0.39, 0.29) is 0 Å². The van der Waals surface area contributed by atoms with Crippen molar-refractivity contribution >= 4 is 0 Å². The summed E-state index contributed by atoms with van der Waals surface area (Å²) in [6.45, 7) is 10.4. The third kappa shape index (κ3) is 4.25. The summed E-state index contributed by atoms with van der Waals surface area (Å²) in [5.41, 5.74) is 0. The van der Waals surface area contributed by atoms with E-state index in [1.54, 1.807) is 0 Å². The molecule has 0 aliphatic heterocycles. The van der Waals surface area contributed by atoms with Crippen molar-refractivity contribution in [2.24, 2.45) is 0 Å². The summed E-state index contributed by atoms with van der Waals surface area (Å²) in [6.07, 6.45) is 7.59. The molecule has 0 amide bonds. The van der Waals surface area contributed by atoms with Gasteiger partial charge in [-0.15, -0.1) is 6.58 Å². The van der Waals surface area contributed by atoms with E-state index in [2.05, 4.69) is 23.7 Å². The molecule has 0 unspecified atom stereocenters. The predicted molar refractivity (Wildman–Crippen MR) is 62.6 cm³/mol. The highest BCUT2D eigenvalue weighted by Crippen LogP contribution is 2.17. The molecule has 2 heteroatoms. The molecule has 0 spiro atoms. The van der Waals surface area contributed by atoms with Gasteiger partial charge in [0, 0.05) is 25.7 Å². The van der Waals surface area contributed by atoms with E-state index in [9.17, 15) is 0 Å². The Labute approximate surface area is 88.4 Å². The first kappa shape index (κ1) is 11.7. The SMILES string of the molecule is C=CCN(CC)CCNC1CCCC1. The van der Waals surface area contributed by atoms with E-state index in [1.165, 1.54) is 25.7 Å². The van der Waals surface area contributed by atoms with Crippen LogP contribution in [0.5, 0.6) is 0 Å². The topological polar surface area (TPSA) is 15.3 Å². The average molecular weight is 196 g/mol. The van der Waals surface area contributed by atoms with Crippen LogP contribution in [0.25, 0.3) is 0 Å². The van der Waals surface area contributed by atoms with Gasteiger partial charge in [-0.3, -0.25) is 4.90 Å². The van der Waals surface area contributed by atoms with Crippen molar-refractivity contribution in [2.45, 2.75) is 38.6 Å². The molecule has 1 aliphatic carbocycles. The van der Waals surface area contributed by atoms with Crippen molar-refractivity contribution in [2.75, 3.05) is 26.2 Å². The Morgan fingerprint density at radius 3 is 2.71 bits per heavy atom. The molecule has 82 valence electrons. The van der Waals surface area contributed by atoms with Crippen LogP contribution in [0.2, 0.25) is 0 Å². The lowest BCUT2D eigenvalue weighted by Crippen LogP contribution is -2.36. The van der Waals surface area contributed by atoms with Crippen molar-refractivity contribution in [3.05, 3.63) is 12.7 Å². The molecule has 1 N–H and O–H groups in total. The molecule has 0 aromatic heterocycles. The van der Waals surface area contributed by atoms with Crippen molar-refractivity contribution in [3.63, 3.8) is 0 Å². The second kappa shape index (κ2) is 7.02. The lowest BCUT2D eigenvalue weighted by Gasteiger charge is -2.20. The summed E-state index contributed by atoms with van der Waals surface area (Å²) in [6, 6.07) is 0.803. The van der Waals surface area contributed by atoms with Gasteiger partial charge in [0.05, 0.1) is 0 Å². The van der Waals surface area contributed by atoms with Crippen LogP contribution in [-0.4, -0.2) is 37.1 Å². The zero-order chi connectivity index (χ0) is 10.2. The van der Waals surface area contributed by atoms with Crippen LogP contribution >= 0.6 is 0 Å². The number of hydrogen-bond acceptors (Lipinski definition) is 2. The van der Waals surface area contributed by atoms with Crippen LogP contribution in [0, 0.1) is 0 Å². The molecule has 0 aromatic carbocycles. The molecule has 1 saturated carbocycles. The Hall–Kier alpha value is -0.340. The highest BCUT2D eigenvalue weighted by molar-refractivity contribution is 4.76. The first-order valence-corrected chi connectivity index (χ1v) is 5.93. The van der Waals surface area contributed by atoms with Crippen LogP contribution in [0.3, 0.4) is 0 Å². The smallest absolute Gasteiger partial charge is 0.0161 e. The third-order valence-corrected chi connectivity index (χ3v) is 3.05. The van der Waals surface area contributed by atoms with Gasteiger partial charge in [0.2, 0.25) is 0 Å². The number of nitrogens with one attached hydrogen (secondary N) is 1. The maximum atomic E-state index is 3.77. The van der Waals surface area contributed by atoms with Gasteiger partial charge in [-0.25, -0.2) is 0 Å². The molecule has 1 fully saturated rings. The fourth-order valence-electron chi connectivity index (χ4n) is 2.12. The molecule has 0 atom stereocenters. The van der Waals surface area contributed by atoms with E-state index in [0.29, 0.717) is 0 Å². The summed E-state index contributed by atoms with van der Waals surface area (Å²) in [7, 11) is 0. The molecular formula is C12H24N2. The van der Waals surface area contributed by atoms with Gasteiger partial charge in [0.25, 0.3) is 0 Å². The lowest BCUT2D eigenvalue weighted by atomic mass is 10.2. The minimum absolute atomic E-state index is 0.803. The molecule has 0 radical (unpaired) electrons. The molecule has 0 saturated heterocycles. The largest absolute Gasteiger partial charge is 0.313 e. The van der Waals surface area contributed by atoms with E-state index in [0.717, 1.165) is 32.2 Å². The first-order chi connectivity index (χ1) is 6.86. The maximum absolute atomic E-state index is 3.77. The van der Waals surface area contributed by atoms with Crippen LogP contribution in [0.4, 0.5) is 0 Å². The maximum Gasteiger partial charge on any atom is 0.0161 e. The van der Waals surface area contributed by atoms with E-state index in [1.807, 2.05) is 6.08 Å². The van der Waals surface area contributed by atoms with Gasteiger partial charge in [-0.1, -0.05) is 25.8 Å². The van der Waals surface area contributed by atoms with Gasteiger partial charge in [0.15, 0.2) is 0 Å². The fourth-order valence-corrected chi connectivity index (χ4v) is 2.12. The van der Waals surface area contributed by atoms with Crippen LogP contribution < -0.4 is 5.32 Å². The third-order valence-electron chi connectivity index (χ3n) is 3.05. The molecule has 0 heterocycles. The van der Waals surface area contributed by atoms with Crippen LogP contribution in [0.15, 0.2) is 12.7 Å². The molecule has 0 bridgehead atoms. The number of rotatable bonds is 7. The normalized spacial score (nSPS) is 17.9. The average Bonchev–Trinajstić information content (AvgIpc) is 2.69. The highest BCUT2D eigenvalue weighted by Gasteiger charge is 2.13. The van der Waals surface area contributed by atoms with Gasteiger partial charge in [-0.2, -0.15) is 0 Å². The second-order valence-corrected chi connectivity index (χ2v) is 4.12. The van der Waals surface area contributed by atoms with Crippen molar-refractivity contribution < 1.29 is 0 Å². The quantitative estimate of drug-likeness (QED) is 0.627. The molecule has 1 aliphatic rings. The number of hydrogen-bond donors (Lipinski definition) is 1. The molecule has 14 heavy (non-hydrogen) atoms. The summed E-state index contributed by atoms with van der Waals surface area (Å²) >= 11 is 0. The van der Waals surface area contributed by atoms with Crippen LogP contribution in [0.1, 0.15) is 32.6 Å². The Morgan fingerprint density at radius 1 is 1.43 bits per heavy atom. The Balaban J connectivity index is 2.02. The summed E-state index contributed by atoms with van der Waals surface area (Å²) in [4.78, 5) is 2.41. The standard InChI is InChI=1S/C12H24N2/c1-3-10-14(4-2)11-9-13-12-7-5-6-8-12/h3,12-13H,1,4-11H2,2H3. The van der Waals surface area contributed by atoms with Crippen molar-refractivity contribution in [1.29, 1.82) is 0 Å². The van der Waals surface area contributed by atoms with Gasteiger partial charge >= 0.3 is 0 Å². The van der Waals surface area contributed by atoms with Crippen LogP contribution in [-0.2, 0) is 0 Å². The zero-order valence-electron chi connectivity index (χ0n) is 9.47. The van der Waals surface area contributed by atoms with Gasteiger partial charge in [0.1, 0.15) is 0 Å². The predicted octanol–water partition coefficient (Wildman–Crippen LogP) is 2.03. The Bertz CT molecular complexity index is 150. The van der Waals surface area contributed by atoms with Gasteiger partial charge < -0.3 is 5.32 Å². The molecular weight excluding hydrogens is 172 g/mol. The minimum Gasteiger partial charge on any atom is -0.313 e. The molecule has 2 nitrogen and oxygen atoms in total. The fraction of sp³-hybridized carbons (Fsp3) is 0.833. The number of nitrogens with zero attached hydrogens (tertiary/aromatic N) is 1. The van der Waals surface area contributed by atoms with E-state index in [4.69, 9.17) is 0 Å². The zero-order valence-corrected chi connectivity index (χ0v) is 9.47. The van der Waals surface area contributed by atoms with Crippen molar-refractivity contribution in [3.8, 4) is 0 Å². The summed E-state index contributed by atoms with van der Waals surface area (Å²) < 4.78 is 0. The summed E-state index contributed by atoms with van der Waals surface area (Å²) in [5, 5.41) is 3.63. The molecule has 0 aromatic rings. The highest BCUT2D eigenvalue weighted by atomic mass is 15.1.